The van der Waals surface area contributed by atoms with Crippen molar-refractivity contribution in [1.82, 2.24) is 19.7 Å². The molecule has 3 aromatic rings. The Morgan fingerprint density at radius 1 is 1.17 bits per heavy atom. The molecular weight excluding hydrogens is 384 g/mol. The van der Waals surface area contributed by atoms with E-state index in [0.29, 0.717) is 16.6 Å². The topological polar surface area (TPSA) is 73.1 Å². The minimum absolute atomic E-state index is 0.349. The highest BCUT2D eigenvalue weighted by molar-refractivity contribution is 7.15. The van der Waals surface area contributed by atoms with E-state index < -0.39 is 0 Å². The lowest BCUT2D eigenvalue weighted by molar-refractivity contribution is -0.137. The molecule has 0 saturated heterocycles. The molecule has 0 radical (unpaired) electrons. The molecule has 2 saturated carbocycles. The smallest absolute Gasteiger partial charge is 0.177 e. The third-order valence-corrected chi connectivity index (χ3v) is 7.26. The van der Waals surface area contributed by atoms with Gasteiger partial charge in [0.15, 0.2) is 10.8 Å². The Bertz CT molecular complexity index is 1050. The molecule has 2 heterocycles. The second-order valence-electron chi connectivity index (χ2n) is 9.14. The minimum atomic E-state index is 0.349. The number of hydrogen-bond donors (Lipinski definition) is 1. The predicted octanol–water partition coefficient (Wildman–Crippen LogP) is 5.62. The van der Waals surface area contributed by atoms with Crippen LogP contribution in [0.4, 0.5) is 0 Å². The third kappa shape index (κ3) is 3.49. The van der Waals surface area contributed by atoms with E-state index in [1.54, 1.807) is 18.6 Å². The number of allylic oxidation sites excluding steroid dienone is 1. The van der Waals surface area contributed by atoms with Crippen LogP contribution in [0.2, 0.25) is 0 Å². The molecule has 2 aliphatic carbocycles. The van der Waals surface area contributed by atoms with Gasteiger partial charge in [-0.25, -0.2) is 10.2 Å². The van der Waals surface area contributed by atoms with Gasteiger partial charge in [-0.2, -0.15) is 0 Å². The predicted molar refractivity (Wildman–Crippen MR) is 113 cm³/mol. The summed E-state index contributed by atoms with van der Waals surface area (Å²) in [5, 5.41) is 19.8. The Kier molecular flexibility index (Phi) is 4.33. The first-order chi connectivity index (χ1) is 14.0. The number of fused-ring (bicyclic) bond motifs is 2. The van der Waals surface area contributed by atoms with Gasteiger partial charge in [-0.15, -0.1) is 10.2 Å². The van der Waals surface area contributed by atoms with E-state index in [2.05, 4.69) is 40.0 Å². The van der Waals surface area contributed by atoms with E-state index in [9.17, 15) is 5.26 Å². The molecule has 0 aliphatic heterocycles. The van der Waals surface area contributed by atoms with Gasteiger partial charge in [0.2, 0.25) is 0 Å². The summed E-state index contributed by atoms with van der Waals surface area (Å²) in [6, 6.07) is 5.60. The number of nitrogens with zero attached hydrogens (tertiary/aromatic N) is 4. The lowest BCUT2D eigenvalue weighted by atomic mass is 9.69. The standard InChI is InChI=1S/C22H24N4O2S/c1-21-5-6-22(2,13-21)12-15(11-21)9-19-24-25-20(29-19)17-4-3-16(10-18(17)28-27)26-8-7-23-14-26/h3-4,7-10,14,27H,5-6,11-13H2,1-2H3/b15-9-/t21-,22+/m0/s1. The van der Waals surface area contributed by atoms with Gasteiger partial charge in [0.25, 0.3) is 0 Å². The summed E-state index contributed by atoms with van der Waals surface area (Å²) in [7, 11) is 0. The first-order valence-corrected chi connectivity index (χ1v) is 10.7. The Hall–Kier alpha value is -2.51. The molecular formula is C22H24N4O2S. The fourth-order valence-electron chi connectivity index (χ4n) is 5.29. The lowest BCUT2D eigenvalue weighted by Gasteiger charge is -2.36. The second kappa shape index (κ2) is 6.78. The maximum atomic E-state index is 9.41. The average molecular weight is 409 g/mol. The molecule has 150 valence electrons. The van der Waals surface area contributed by atoms with Crippen LogP contribution >= 0.6 is 11.3 Å². The van der Waals surface area contributed by atoms with Gasteiger partial charge in [0.1, 0.15) is 5.01 Å². The van der Waals surface area contributed by atoms with Crippen LogP contribution in [-0.2, 0) is 0 Å². The average Bonchev–Trinajstić information content (AvgIpc) is 3.41. The van der Waals surface area contributed by atoms with Crippen LogP contribution in [0.15, 0.2) is 42.5 Å². The van der Waals surface area contributed by atoms with Crippen molar-refractivity contribution in [3.8, 4) is 22.0 Å². The molecule has 7 heteroatoms. The SMILES string of the molecule is C[C@]12CC[C@](C)(C/C(=C\c3nnc(-c4ccc(-n5ccnc5)cc4OO)s3)C1)C2. The van der Waals surface area contributed by atoms with Crippen molar-refractivity contribution in [1.29, 1.82) is 0 Å². The molecule has 2 aliphatic rings. The fraction of sp³-hybridized carbons (Fsp3) is 0.409. The van der Waals surface area contributed by atoms with Crippen molar-refractivity contribution in [3.63, 3.8) is 0 Å². The van der Waals surface area contributed by atoms with Crippen LogP contribution in [0.25, 0.3) is 22.3 Å². The normalized spacial score (nSPS) is 27.5. The summed E-state index contributed by atoms with van der Waals surface area (Å²) < 4.78 is 1.85. The van der Waals surface area contributed by atoms with E-state index in [0.717, 1.165) is 34.1 Å². The fourth-order valence-corrected chi connectivity index (χ4v) is 6.15. The van der Waals surface area contributed by atoms with Crippen LogP contribution in [0.3, 0.4) is 0 Å². The molecule has 0 spiro atoms. The number of hydrogen-bond acceptors (Lipinski definition) is 6. The van der Waals surface area contributed by atoms with E-state index in [1.165, 1.54) is 36.2 Å². The molecule has 29 heavy (non-hydrogen) atoms. The van der Waals surface area contributed by atoms with Crippen LogP contribution in [0.5, 0.6) is 5.75 Å². The molecule has 0 unspecified atom stereocenters. The van der Waals surface area contributed by atoms with Gasteiger partial charge in [0, 0.05) is 18.5 Å². The Labute approximate surface area is 173 Å². The van der Waals surface area contributed by atoms with Crippen molar-refractivity contribution in [3.05, 3.63) is 47.5 Å². The van der Waals surface area contributed by atoms with Crippen molar-refractivity contribution in [2.24, 2.45) is 10.8 Å². The quantitative estimate of drug-likeness (QED) is 0.448. The van der Waals surface area contributed by atoms with Crippen molar-refractivity contribution in [2.45, 2.75) is 46.0 Å². The summed E-state index contributed by atoms with van der Waals surface area (Å²) in [6.07, 6.45) is 13.7. The first-order valence-electron chi connectivity index (χ1n) is 9.93. The van der Waals surface area contributed by atoms with Gasteiger partial charge in [-0.05, 0) is 61.1 Å². The molecule has 2 aromatic heterocycles. The summed E-state index contributed by atoms with van der Waals surface area (Å²) in [4.78, 5) is 8.70. The highest BCUT2D eigenvalue weighted by Gasteiger charge is 2.47. The number of benzene rings is 1. The molecule has 1 N–H and O–H groups in total. The van der Waals surface area contributed by atoms with E-state index >= 15 is 0 Å². The summed E-state index contributed by atoms with van der Waals surface area (Å²) in [5.41, 5.74) is 3.93. The van der Waals surface area contributed by atoms with Crippen molar-refractivity contribution >= 4 is 17.4 Å². The van der Waals surface area contributed by atoms with Crippen molar-refractivity contribution < 1.29 is 10.1 Å². The summed E-state index contributed by atoms with van der Waals surface area (Å²) >= 11 is 1.52. The van der Waals surface area contributed by atoms with Gasteiger partial charge >= 0.3 is 0 Å². The Morgan fingerprint density at radius 3 is 2.66 bits per heavy atom. The highest BCUT2D eigenvalue weighted by Crippen LogP contribution is 2.59. The Morgan fingerprint density at radius 2 is 1.97 bits per heavy atom. The molecule has 2 fully saturated rings. The van der Waals surface area contributed by atoms with E-state index in [-0.39, 0.29) is 0 Å². The molecule has 2 bridgehead atoms. The maximum absolute atomic E-state index is 9.41. The van der Waals surface area contributed by atoms with Crippen LogP contribution in [0.1, 0.15) is 51.0 Å². The van der Waals surface area contributed by atoms with Crippen LogP contribution in [0, 0.1) is 10.8 Å². The lowest BCUT2D eigenvalue weighted by Crippen LogP contribution is -2.24. The second-order valence-corrected chi connectivity index (χ2v) is 10.2. The zero-order valence-corrected chi connectivity index (χ0v) is 17.4. The van der Waals surface area contributed by atoms with Gasteiger partial charge in [0.05, 0.1) is 17.6 Å². The summed E-state index contributed by atoms with van der Waals surface area (Å²) in [6.45, 7) is 4.84. The third-order valence-electron chi connectivity index (χ3n) is 6.36. The van der Waals surface area contributed by atoms with Gasteiger partial charge in [-0.1, -0.05) is 30.8 Å². The van der Waals surface area contributed by atoms with Crippen LogP contribution < -0.4 is 4.89 Å². The largest absolute Gasteiger partial charge is 0.339 e. The van der Waals surface area contributed by atoms with E-state index in [4.69, 9.17) is 0 Å². The zero-order chi connectivity index (χ0) is 20.1. The Balaban J connectivity index is 1.43. The maximum Gasteiger partial charge on any atom is 0.177 e. The highest BCUT2D eigenvalue weighted by atomic mass is 32.1. The molecule has 0 amide bonds. The first kappa shape index (κ1) is 18.5. The van der Waals surface area contributed by atoms with E-state index in [1.807, 2.05) is 22.9 Å². The van der Waals surface area contributed by atoms with Gasteiger partial charge < -0.3 is 9.45 Å². The summed E-state index contributed by atoms with van der Waals surface area (Å²) in [5.74, 6) is 0.349. The van der Waals surface area contributed by atoms with Crippen molar-refractivity contribution in [2.75, 3.05) is 0 Å². The number of imidazole rings is 1. The monoisotopic (exact) mass is 408 g/mol. The minimum Gasteiger partial charge on any atom is -0.339 e. The number of rotatable bonds is 4. The molecule has 5 rings (SSSR count). The molecule has 6 nitrogen and oxygen atoms in total. The van der Waals surface area contributed by atoms with Crippen LogP contribution in [-0.4, -0.2) is 25.0 Å². The zero-order valence-electron chi connectivity index (χ0n) is 16.6. The van der Waals surface area contributed by atoms with Gasteiger partial charge in [-0.3, -0.25) is 0 Å². The molecule has 1 aromatic carbocycles. The molecule has 2 atom stereocenters. The number of aromatic nitrogens is 4.